The lowest BCUT2D eigenvalue weighted by atomic mass is 9.65. The smallest absolute Gasteiger partial charge is 0.226 e. The van der Waals surface area contributed by atoms with E-state index in [1.807, 2.05) is 19.1 Å². The van der Waals surface area contributed by atoms with Crippen LogP contribution in [0.3, 0.4) is 0 Å². The molecule has 2 aromatic rings. The van der Waals surface area contributed by atoms with Crippen LogP contribution in [0.1, 0.15) is 76.5 Å². The summed E-state index contributed by atoms with van der Waals surface area (Å²) < 4.78 is 13.7. The Labute approximate surface area is 359 Å². The predicted molar refractivity (Wildman–Crippen MR) is 227 cm³/mol. The summed E-state index contributed by atoms with van der Waals surface area (Å²) >= 11 is 0. The number of quaternary nitrogens is 2. The van der Waals surface area contributed by atoms with E-state index in [1.165, 1.54) is 6.07 Å². The highest BCUT2D eigenvalue weighted by Gasteiger charge is 2.54. The number of amides is 1. The molecule has 9 rings (SSSR count). The van der Waals surface area contributed by atoms with Gasteiger partial charge in [0, 0.05) is 61.2 Å². The Balaban J connectivity index is 1.05. The van der Waals surface area contributed by atoms with Gasteiger partial charge in [-0.1, -0.05) is 26.2 Å². The number of rotatable bonds is 15. The lowest BCUT2D eigenvalue weighted by Gasteiger charge is -2.44. The third kappa shape index (κ3) is 7.22. The van der Waals surface area contributed by atoms with Crippen LogP contribution in [0.15, 0.2) is 78.4 Å². The van der Waals surface area contributed by atoms with Crippen LogP contribution in [0.5, 0.6) is 5.75 Å². The second kappa shape index (κ2) is 16.6. The molecule has 7 aliphatic rings. The number of nitrogens with zero attached hydrogens (tertiary/aromatic N) is 2. The van der Waals surface area contributed by atoms with Crippen molar-refractivity contribution in [1.29, 1.82) is 0 Å². The van der Waals surface area contributed by atoms with Gasteiger partial charge in [0.05, 0.1) is 17.4 Å². The molecule has 7 heterocycles. The SMILES string of the molecule is CCC1C2=CC=NC2=C[NH+]1c1c2c(cc3c(=O)cc(C)oc13)CC(OOCC(O)C(O)(C[NH+]1CC=C3N=CC=C31)C(O)C(O)CO)C(C)(CCC1CNC(=O)C13CCCCC3)O2. The van der Waals surface area contributed by atoms with Crippen LogP contribution in [-0.4, -0.2) is 118 Å². The van der Waals surface area contributed by atoms with Crippen molar-refractivity contribution in [3.8, 4) is 5.75 Å². The Kier molecular flexibility index (Phi) is 11.5. The topological polar surface area (TPSA) is 222 Å². The maximum atomic E-state index is 13.7. The highest BCUT2D eigenvalue weighted by Crippen LogP contribution is 2.50. The first-order valence-corrected chi connectivity index (χ1v) is 22.2. The summed E-state index contributed by atoms with van der Waals surface area (Å²) in [5.74, 6) is 1.22. The van der Waals surface area contributed by atoms with Crippen LogP contribution in [0.4, 0.5) is 5.69 Å². The van der Waals surface area contributed by atoms with Crippen molar-refractivity contribution in [3.05, 3.63) is 80.8 Å². The molecule has 1 aromatic carbocycles. The fourth-order valence-corrected chi connectivity index (χ4v) is 11.2. The molecule has 1 amide bonds. The molecule has 332 valence electrons. The van der Waals surface area contributed by atoms with Crippen molar-refractivity contribution in [3.63, 3.8) is 0 Å². The fourth-order valence-electron chi connectivity index (χ4n) is 11.2. The first kappa shape index (κ1) is 42.9. The number of aliphatic imine (C=N–C) groups is 2. The molecule has 0 radical (unpaired) electrons. The standard InChI is InChI=1S/C46H57N5O11/c1-4-33-29-9-15-48-32(29)22-51(33)39-40-27(19-30-35(53)18-26(2)60-41(30)39)20-38(44(3,61-40)14-8-28-21-49-43(57)45(28)12-6-5-7-13-45)62-59-24-37(55)46(58,42(56)36(54)23-52)25-50-17-11-31-34(50)10-16-47-31/h9-11,15-16,18-19,22,28,33,36-38,42,52,54-56,58H,4-8,12-14,17,20-21,23-25H2,1-3H3,(H,49,57)/p+2. The van der Waals surface area contributed by atoms with E-state index >= 15 is 0 Å². The number of carbonyl (C=O) groups is 1. The molecule has 16 heteroatoms. The van der Waals surface area contributed by atoms with Gasteiger partial charge in [0.1, 0.15) is 79.1 Å². The normalized spacial score (nSPS) is 30.5. The molecule has 1 spiro atoms. The van der Waals surface area contributed by atoms with Crippen molar-refractivity contribution in [2.24, 2.45) is 21.3 Å². The van der Waals surface area contributed by atoms with Gasteiger partial charge in [-0.15, -0.1) is 0 Å². The Hall–Kier alpha value is -4.36. The van der Waals surface area contributed by atoms with Crippen molar-refractivity contribution in [2.75, 3.05) is 32.8 Å². The molecule has 2 fully saturated rings. The minimum absolute atomic E-state index is 0.0240. The summed E-state index contributed by atoms with van der Waals surface area (Å²) in [7, 11) is 0. The number of carbonyl (C=O) groups excluding carboxylic acids is 1. The summed E-state index contributed by atoms with van der Waals surface area (Å²) in [6, 6.07) is 3.24. The molecule has 0 bridgehead atoms. The summed E-state index contributed by atoms with van der Waals surface area (Å²) in [5, 5.41) is 58.6. The van der Waals surface area contributed by atoms with E-state index in [2.05, 4.69) is 28.4 Å². The van der Waals surface area contributed by atoms with Gasteiger partial charge in [-0.25, -0.2) is 9.78 Å². The number of allylic oxidation sites excluding steroid dienone is 2. The lowest BCUT2D eigenvalue weighted by molar-refractivity contribution is -0.856. The number of hydrogen-bond donors (Lipinski definition) is 8. The van der Waals surface area contributed by atoms with Crippen LogP contribution >= 0.6 is 0 Å². The number of nitrogens with one attached hydrogen (secondary N) is 3. The van der Waals surface area contributed by atoms with Crippen molar-refractivity contribution in [2.45, 2.75) is 120 Å². The van der Waals surface area contributed by atoms with Crippen LogP contribution in [-0.2, 0) is 21.0 Å². The third-order valence-electron chi connectivity index (χ3n) is 14.8. The monoisotopic (exact) mass is 857 g/mol. The van der Waals surface area contributed by atoms with E-state index in [1.54, 1.807) is 31.5 Å². The van der Waals surface area contributed by atoms with Gasteiger partial charge in [-0.05, 0) is 57.6 Å². The Morgan fingerprint density at radius 3 is 2.63 bits per heavy atom. The average molecular weight is 858 g/mol. The third-order valence-corrected chi connectivity index (χ3v) is 14.8. The van der Waals surface area contributed by atoms with E-state index in [0.29, 0.717) is 64.6 Å². The molecule has 1 saturated heterocycles. The zero-order chi connectivity index (χ0) is 43.6. The van der Waals surface area contributed by atoms with E-state index in [9.17, 15) is 35.1 Å². The highest BCUT2D eigenvalue weighted by atomic mass is 17.2. The van der Waals surface area contributed by atoms with Gasteiger partial charge >= 0.3 is 0 Å². The Morgan fingerprint density at radius 1 is 1.08 bits per heavy atom. The number of ether oxygens (including phenoxy) is 1. The van der Waals surface area contributed by atoms with E-state index in [-0.39, 0.29) is 36.3 Å². The predicted octanol–water partition coefficient (Wildman–Crippen LogP) is 0.306. The number of aliphatic hydroxyl groups excluding tert-OH is 4. The number of aliphatic hydroxyl groups is 5. The van der Waals surface area contributed by atoms with Crippen molar-refractivity contribution >= 4 is 35.0 Å². The molecule has 1 aliphatic carbocycles. The molecular formula is C46H59N5O11+2. The molecule has 62 heavy (non-hydrogen) atoms. The molecule has 1 aromatic heterocycles. The number of fused-ring (bicyclic) bond motifs is 4. The summed E-state index contributed by atoms with van der Waals surface area (Å²) in [4.78, 5) is 49.8. The molecule has 8 N–H and O–H groups in total. The minimum atomic E-state index is -2.36. The first-order chi connectivity index (χ1) is 29.8. The maximum Gasteiger partial charge on any atom is 0.226 e. The van der Waals surface area contributed by atoms with E-state index in [4.69, 9.17) is 18.9 Å². The van der Waals surface area contributed by atoms with E-state index in [0.717, 1.165) is 66.1 Å². The van der Waals surface area contributed by atoms with Crippen LogP contribution in [0.25, 0.3) is 11.0 Å². The van der Waals surface area contributed by atoms with Crippen LogP contribution < -0.4 is 25.3 Å². The van der Waals surface area contributed by atoms with Crippen LogP contribution in [0.2, 0.25) is 0 Å². The molecular weight excluding hydrogens is 799 g/mol. The van der Waals surface area contributed by atoms with Gasteiger partial charge in [-0.2, -0.15) is 0 Å². The summed E-state index contributed by atoms with van der Waals surface area (Å²) in [6.45, 7) is 5.09. The quantitative estimate of drug-likeness (QED) is 0.0900. The largest absolute Gasteiger partial charge is 0.478 e. The Bertz CT molecular complexity index is 2360. The van der Waals surface area contributed by atoms with Crippen LogP contribution in [0, 0.1) is 18.3 Å². The lowest BCUT2D eigenvalue weighted by Crippen LogP contribution is -3.11. The van der Waals surface area contributed by atoms with Crippen molar-refractivity contribution in [1.82, 2.24) is 5.32 Å². The molecule has 10 atom stereocenters. The second-order valence-electron chi connectivity index (χ2n) is 18.5. The van der Waals surface area contributed by atoms with Gasteiger partial charge in [-0.3, -0.25) is 29.4 Å². The van der Waals surface area contributed by atoms with Crippen molar-refractivity contribution < 1.29 is 59.1 Å². The zero-order valence-corrected chi connectivity index (χ0v) is 35.6. The Morgan fingerprint density at radius 2 is 1.85 bits per heavy atom. The minimum Gasteiger partial charge on any atom is -0.478 e. The highest BCUT2D eigenvalue weighted by molar-refractivity contribution is 5.91. The molecule has 6 aliphatic heterocycles. The summed E-state index contributed by atoms with van der Waals surface area (Å²) in [6.07, 6.45) is 11.7. The molecule has 16 nitrogen and oxygen atoms in total. The van der Waals surface area contributed by atoms with Gasteiger partial charge < -0.3 is 40.0 Å². The molecule has 1 saturated carbocycles. The van der Waals surface area contributed by atoms with Gasteiger partial charge in [0.15, 0.2) is 22.5 Å². The fraction of sp³-hybridized carbons (Fsp3) is 0.565. The molecule has 10 unspecified atom stereocenters. The maximum absolute atomic E-state index is 13.7. The number of hydrogen-bond acceptors (Lipinski definition) is 13. The number of benzene rings is 1. The number of aryl methyl sites for hydroxylation is 1. The van der Waals surface area contributed by atoms with Gasteiger partial charge in [0.25, 0.3) is 0 Å². The van der Waals surface area contributed by atoms with Gasteiger partial charge in [0.2, 0.25) is 17.2 Å². The second-order valence-corrected chi connectivity index (χ2v) is 18.5. The summed E-state index contributed by atoms with van der Waals surface area (Å²) in [5.41, 5.74) is 1.18. The first-order valence-electron chi connectivity index (χ1n) is 22.2. The average Bonchev–Trinajstić information content (AvgIpc) is 4.10. The van der Waals surface area contributed by atoms with E-state index < -0.39 is 54.2 Å². The zero-order valence-electron chi connectivity index (χ0n) is 35.6.